The molecular formula is C13H15NO2S. The molecular weight excluding hydrogens is 234 g/mol. The molecule has 0 aliphatic heterocycles. The smallest absolute Gasteiger partial charge is 0.161 e. The molecule has 0 spiro atoms. The van der Waals surface area contributed by atoms with Crippen LogP contribution in [-0.2, 0) is 0 Å². The molecule has 17 heavy (non-hydrogen) atoms. The number of rotatable bonds is 4. The van der Waals surface area contributed by atoms with E-state index in [9.17, 15) is 0 Å². The Labute approximate surface area is 105 Å². The van der Waals surface area contributed by atoms with Crippen LogP contribution in [0, 0.1) is 0 Å². The van der Waals surface area contributed by atoms with Crippen LogP contribution in [0.5, 0.6) is 11.5 Å². The van der Waals surface area contributed by atoms with Gasteiger partial charge in [-0.1, -0.05) is 12.1 Å². The second kappa shape index (κ2) is 5.21. The van der Waals surface area contributed by atoms with Crippen LogP contribution in [-0.4, -0.2) is 14.2 Å². The van der Waals surface area contributed by atoms with E-state index in [0.29, 0.717) is 5.75 Å². The summed E-state index contributed by atoms with van der Waals surface area (Å²) < 4.78 is 10.5. The molecule has 2 aromatic rings. The molecule has 90 valence electrons. The van der Waals surface area contributed by atoms with Crippen LogP contribution in [0.25, 0.3) is 0 Å². The molecule has 0 saturated carbocycles. The normalized spacial score (nSPS) is 12.2. The molecule has 1 aromatic heterocycles. The standard InChI is InChI=1S/C13H15NO2S/c1-15-10-6-5-9(8-11(10)16-2)13(14)12-4-3-7-17-12/h3-8,13H,14H2,1-2H3. The van der Waals surface area contributed by atoms with Gasteiger partial charge in [0.2, 0.25) is 0 Å². The molecule has 0 aliphatic carbocycles. The zero-order valence-corrected chi connectivity index (χ0v) is 10.7. The van der Waals surface area contributed by atoms with Crippen LogP contribution in [0.1, 0.15) is 16.5 Å². The fourth-order valence-electron chi connectivity index (χ4n) is 1.68. The molecule has 0 amide bonds. The van der Waals surface area contributed by atoms with Gasteiger partial charge in [-0.05, 0) is 29.1 Å². The van der Waals surface area contributed by atoms with Crippen molar-refractivity contribution in [1.82, 2.24) is 0 Å². The lowest BCUT2D eigenvalue weighted by Gasteiger charge is -2.13. The van der Waals surface area contributed by atoms with Gasteiger partial charge in [0.25, 0.3) is 0 Å². The summed E-state index contributed by atoms with van der Waals surface area (Å²) in [6, 6.07) is 9.68. The summed E-state index contributed by atoms with van der Waals surface area (Å²) in [7, 11) is 3.25. The van der Waals surface area contributed by atoms with Crippen molar-refractivity contribution >= 4 is 11.3 Å². The van der Waals surface area contributed by atoms with Crippen LogP contribution in [0.2, 0.25) is 0 Å². The summed E-state index contributed by atoms with van der Waals surface area (Å²) in [5, 5.41) is 2.02. The molecule has 1 aromatic carbocycles. The van der Waals surface area contributed by atoms with E-state index in [1.807, 2.05) is 35.7 Å². The highest BCUT2D eigenvalue weighted by atomic mass is 32.1. The predicted octanol–water partition coefficient (Wildman–Crippen LogP) is 2.81. The minimum atomic E-state index is -0.116. The van der Waals surface area contributed by atoms with Crippen LogP contribution >= 0.6 is 11.3 Å². The van der Waals surface area contributed by atoms with E-state index < -0.39 is 0 Å². The van der Waals surface area contributed by atoms with Crippen molar-refractivity contribution in [2.75, 3.05) is 14.2 Å². The van der Waals surface area contributed by atoms with Gasteiger partial charge in [-0.3, -0.25) is 0 Å². The van der Waals surface area contributed by atoms with Gasteiger partial charge in [0.1, 0.15) is 0 Å². The monoisotopic (exact) mass is 249 g/mol. The van der Waals surface area contributed by atoms with Gasteiger partial charge in [0.15, 0.2) is 11.5 Å². The lowest BCUT2D eigenvalue weighted by Crippen LogP contribution is -2.10. The van der Waals surface area contributed by atoms with E-state index >= 15 is 0 Å². The molecule has 0 aliphatic rings. The van der Waals surface area contributed by atoms with E-state index in [-0.39, 0.29) is 6.04 Å². The van der Waals surface area contributed by atoms with Crippen molar-refractivity contribution in [3.63, 3.8) is 0 Å². The first-order chi connectivity index (χ1) is 8.26. The van der Waals surface area contributed by atoms with E-state index in [2.05, 4.69) is 0 Å². The van der Waals surface area contributed by atoms with Crippen LogP contribution in [0.3, 0.4) is 0 Å². The zero-order valence-electron chi connectivity index (χ0n) is 9.84. The molecule has 2 rings (SSSR count). The van der Waals surface area contributed by atoms with Crippen molar-refractivity contribution in [2.45, 2.75) is 6.04 Å². The Bertz CT molecular complexity index is 482. The summed E-state index contributed by atoms with van der Waals surface area (Å²) >= 11 is 1.65. The molecule has 0 bridgehead atoms. The first-order valence-electron chi connectivity index (χ1n) is 5.27. The first kappa shape index (κ1) is 12.0. The largest absolute Gasteiger partial charge is 0.493 e. The van der Waals surface area contributed by atoms with Gasteiger partial charge in [0.05, 0.1) is 20.3 Å². The number of ether oxygens (including phenoxy) is 2. The minimum absolute atomic E-state index is 0.116. The molecule has 0 saturated heterocycles. The molecule has 1 heterocycles. The molecule has 0 fully saturated rings. The zero-order chi connectivity index (χ0) is 12.3. The third kappa shape index (κ3) is 2.43. The Morgan fingerprint density at radius 2 is 1.88 bits per heavy atom. The van der Waals surface area contributed by atoms with Crippen LogP contribution in [0.15, 0.2) is 35.7 Å². The van der Waals surface area contributed by atoms with Gasteiger partial charge in [-0.2, -0.15) is 0 Å². The van der Waals surface area contributed by atoms with E-state index in [0.717, 1.165) is 16.2 Å². The van der Waals surface area contributed by atoms with Crippen LogP contribution in [0.4, 0.5) is 0 Å². The van der Waals surface area contributed by atoms with Crippen molar-refractivity contribution in [2.24, 2.45) is 5.73 Å². The molecule has 4 heteroatoms. The van der Waals surface area contributed by atoms with E-state index in [1.54, 1.807) is 25.6 Å². The Kier molecular flexibility index (Phi) is 3.66. The highest BCUT2D eigenvalue weighted by Crippen LogP contribution is 2.32. The number of hydrogen-bond donors (Lipinski definition) is 1. The molecule has 1 atom stereocenters. The molecule has 0 radical (unpaired) electrons. The lowest BCUT2D eigenvalue weighted by molar-refractivity contribution is 0.354. The number of methoxy groups -OCH3 is 2. The van der Waals surface area contributed by atoms with Gasteiger partial charge in [-0.25, -0.2) is 0 Å². The van der Waals surface area contributed by atoms with Gasteiger partial charge in [0, 0.05) is 4.88 Å². The summed E-state index contributed by atoms with van der Waals surface area (Å²) in [5.74, 6) is 1.42. The number of benzene rings is 1. The average Bonchev–Trinajstić information content (AvgIpc) is 2.90. The van der Waals surface area contributed by atoms with Crippen molar-refractivity contribution in [3.05, 3.63) is 46.2 Å². The molecule has 1 unspecified atom stereocenters. The number of thiophene rings is 1. The fourth-order valence-corrected chi connectivity index (χ4v) is 2.43. The second-order valence-corrected chi connectivity index (χ2v) is 4.59. The fraction of sp³-hybridized carbons (Fsp3) is 0.231. The second-order valence-electron chi connectivity index (χ2n) is 3.61. The van der Waals surface area contributed by atoms with Crippen LogP contribution < -0.4 is 15.2 Å². The van der Waals surface area contributed by atoms with Gasteiger partial charge < -0.3 is 15.2 Å². The van der Waals surface area contributed by atoms with Gasteiger partial charge in [-0.15, -0.1) is 11.3 Å². The van der Waals surface area contributed by atoms with Crippen molar-refractivity contribution in [1.29, 1.82) is 0 Å². The highest BCUT2D eigenvalue weighted by molar-refractivity contribution is 7.10. The molecule has 2 N–H and O–H groups in total. The Hall–Kier alpha value is -1.52. The summed E-state index contributed by atoms with van der Waals surface area (Å²) in [5.41, 5.74) is 7.21. The SMILES string of the molecule is COc1ccc(C(N)c2cccs2)cc1OC. The minimum Gasteiger partial charge on any atom is -0.493 e. The quantitative estimate of drug-likeness (QED) is 0.906. The topological polar surface area (TPSA) is 44.5 Å². The Morgan fingerprint density at radius 1 is 1.12 bits per heavy atom. The maximum absolute atomic E-state index is 6.19. The summed E-state index contributed by atoms with van der Waals surface area (Å²) in [6.07, 6.45) is 0. The summed E-state index contributed by atoms with van der Waals surface area (Å²) in [4.78, 5) is 1.14. The average molecular weight is 249 g/mol. The predicted molar refractivity (Wildman–Crippen MR) is 69.9 cm³/mol. The maximum atomic E-state index is 6.19. The third-order valence-corrected chi connectivity index (χ3v) is 3.57. The Morgan fingerprint density at radius 3 is 2.47 bits per heavy atom. The highest BCUT2D eigenvalue weighted by Gasteiger charge is 2.12. The van der Waals surface area contributed by atoms with E-state index in [1.165, 1.54) is 0 Å². The number of nitrogens with two attached hydrogens (primary N) is 1. The first-order valence-corrected chi connectivity index (χ1v) is 6.15. The van der Waals surface area contributed by atoms with Gasteiger partial charge >= 0.3 is 0 Å². The van der Waals surface area contributed by atoms with Crippen molar-refractivity contribution in [3.8, 4) is 11.5 Å². The van der Waals surface area contributed by atoms with E-state index in [4.69, 9.17) is 15.2 Å². The third-order valence-electron chi connectivity index (χ3n) is 2.62. The summed E-state index contributed by atoms with van der Waals surface area (Å²) in [6.45, 7) is 0. The van der Waals surface area contributed by atoms with Crippen molar-refractivity contribution < 1.29 is 9.47 Å². The molecule has 3 nitrogen and oxygen atoms in total. The maximum Gasteiger partial charge on any atom is 0.161 e. The number of hydrogen-bond acceptors (Lipinski definition) is 4. The Balaban J connectivity index is 2.33. The lowest BCUT2D eigenvalue weighted by atomic mass is 10.1.